The van der Waals surface area contributed by atoms with Gasteiger partial charge in [0, 0.05) is 26.9 Å². The van der Waals surface area contributed by atoms with Crippen molar-refractivity contribution in [3.05, 3.63) is 11.3 Å². The maximum absolute atomic E-state index is 11.6. The van der Waals surface area contributed by atoms with Gasteiger partial charge in [-0.3, -0.25) is 5.73 Å². The lowest BCUT2D eigenvalue weighted by atomic mass is 10.3. The van der Waals surface area contributed by atoms with E-state index in [9.17, 15) is 4.79 Å². The molecule has 17 heavy (non-hydrogen) atoms. The molecule has 0 radical (unpaired) electrons. The van der Waals surface area contributed by atoms with Crippen LogP contribution in [0, 0.1) is 0 Å². The molecule has 1 unspecified atom stereocenters. The molecule has 0 heterocycles. The van der Waals surface area contributed by atoms with Crippen LogP contribution < -0.4 is 5.73 Å². The molecular weight excluding hydrogens is 242 g/mol. The Morgan fingerprint density at radius 1 is 1.29 bits per heavy atom. The first kappa shape index (κ1) is 16.3. The van der Waals surface area contributed by atoms with Gasteiger partial charge in [-0.15, -0.1) is 0 Å². The van der Waals surface area contributed by atoms with Gasteiger partial charge in [0.2, 0.25) is 0 Å². The zero-order chi connectivity index (χ0) is 13.5. The smallest absolute Gasteiger partial charge is 0.443 e. The molecule has 0 aliphatic heterocycles. The Kier molecular flexibility index (Phi) is 7.24. The monoisotopic (exact) mass is 263 g/mol. The van der Waals surface area contributed by atoms with Crippen molar-refractivity contribution in [1.29, 1.82) is 0 Å². The van der Waals surface area contributed by atoms with E-state index in [1.54, 1.807) is 6.92 Å². The molecule has 2 N–H and O–H groups in total. The average molecular weight is 263 g/mol. The zero-order valence-corrected chi connectivity index (χ0v) is 12.0. The number of hydrogen-bond donors (Lipinski definition) is 1. The fourth-order valence-electron chi connectivity index (χ4n) is 1.06. The highest BCUT2D eigenvalue weighted by atomic mass is 28.4. The Balaban J connectivity index is 4.76. The van der Waals surface area contributed by atoms with Gasteiger partial charge in [-0.05, 0) is 19.0 Å². The molecular formula is C10H21NO5Si. The second-order valence-corrected chi connectivity index (χ2v) is 6.12. The molecule has 0 fully saturated rings. The summed E-state index contributed by atoms with van der Waals surface area (Å²) in [6.07, 6.45) is -0.0463. The summed E-state index contributed by atoms with van der Waals surface area (Å²) in [6.45, 7) is 3.43. The van der Waals surface area contributed by atoms with Crippen LogP contribution in [-0.4, -0.2) is 42.3 Å². The Bertz CT molecular complexity index is 270. The normalized spacial score (nSPS) is 14.6. The largest absolute Gasteiger partial charge is 0.529 e. The molecule has 0 spiro atoms. The van der Waals surface area contributed by atoms with Crippen LogP contribution in [0.25, 0.3) is 0 Å². The number of ether oxygens (including phenoxy) is 1. The van der Waals surface area contributed by atoms with Crippen LogP contribution in [0.2, 0.25) is 0 Å². The van der Waals surface area contributed by atoms with Crippen LogP contribution in [-0.2, 0) is 22.8 Å². The third-order valence-corrected chi connectivity index (χ3v) is 4.72. The van der Waals surface area contributed by atoms with E-state index in [0.29, 0.717) is 12.0 Å². The summed E-state index contributed by atoms with van der Waals surface area (Å²) in [7, 11) is 1.49. The molecule has 100 valence electrons. The standard InChI is InChI=1S/C10H21NO5Si/c1-6-9(11)16-10(12)8(2)7-17(13-3,14-4)15-5/h7,9H,6,11H2,1-5H3. The van der Waals surface area contributed by atoms with Crippen LogP contribution in [0.1, 0.15) is 20.3 Å². The number of carbonyl (C=O) groups excluding carboxylic acids is 1. The number of hydrogen-bond acceptors (Lipinski definition) is 6. The summed E-state index contributed by atoms with van der Waals surface area (Å²) in [6, 6.07) is 0. The van der Waals surface area contributed by atoms with E-state index < -0.39 is 21.0 Å². The van der Waals surface area contributed by atoms with Crippen LogP contribution in [0.5, 0.6) is 0 Å². The van der Waals surface area contributed by atoms with Gasteiger partial charge >= 0.3 is 14.8 Å². The number of carbonyl (C=O) groups is 1. The molecule has 0 aliphatic rings. The lowest BCUT2D eigenvalue weighted by Crippen LogP contribution is -2.42. The molecule has 6 nitrogen and oxygen atoms in total. The molecule has 0 amide bonds. The Labute approximate surface area is 103 Å². The van der Waals surface area contributed by atoms with Crippen LogP contribution in [0.15, 0.2) is 11.3 Å². The molecule has 0 rings (SSSR count). The van der Waals surface area contributed by atoms with Crippen molar-refractivity contribution < 1.29 is 22.8 Å². The Morgan fingerprint density at radius 3 is 2.12 bits per heavy atom. The van der Waals surface area contributed by atoms with E-state index in [1.165, 1.54) is 27.0 Å². The third kappa shape index (κ3) is 4.96. The van der Waals surface area contributed by atoms with E-state index in [0.717, 1.165) is 0 Å². The fraction of sp³-hybridized carbons (Fsp3) is 0.700. The highest BCUT2D eigenvalue weighted by molar-refractivity contribution is 6.66. The maximum Gasteiger partial charge on any atom is 0.529 e. The molecule has 0 aromatic rings. The summed E-state index contributed by atoms with van der Waals surface area (Å²) in [5.41, 5.74) is 7.40. The van der Waals surface area contributed by atoms with Gasteiger partial charge in [0.05, 0.1) is 0 Å². The quantitative estimate of drug-likeness (QED) is 0.313. The SMILES string of the molecule is CCC(N)OC(=O)C(C)=C[Si](OC)(OC)OC. The highest BCUT2D eigenvalue weighted by Gasteiger charge is 2.36. The molecule has 0 saturated carbocycles. The maximum atomic E-state index is 11.6. The first-order chi connectivity index (χ1) is 7.94. The van der Waals surface area contributed by atoms with Crippen molar-refractivity contribution in [3.63, 3.8) is 0 Å². The first-order valence-corrected chi connectivity index (χ1v) is 7.06. The van der Waals surface area contributed by atoms with E-state index in [1.807, 2.05) is 6.92 Å². The molecule has 0 aromatic heterocycles. The van der Waals surface area contributed by atoms with Gasteiger partial charge < -0.3 is 18.0 Å². The average Bonchev–Trinajstić information content (AvgIpc) is 2.35. The predicted molar refractivity (Wildman–Crippen MR) is 64.9 cm³/mol. The van der Waals surface area contributed by atoms with Gasteiger partial charge in [0.1, 0.15) is 0 Å². The predicted octanol–water partition coefficient (Wildman–Crippen LogP) is 0.588. The van der Waals surface area contributed by atoms with Gasteiger partial charge in [-0.25, -0.2) is 4.79 Å². The van der Waals surface area contributed by atoms with Crippen molar-refractivity contribution in [1.82, 2.24) is 0 Å². The van der Waals surface area contributed by atoms with Crippen molar-refractivity contribution in [2.24, 2.45) is 5.73 Å². The molecule has 0 saturated heterocycles. The fourth-order valence-corrected chi connectivity index (χ4v) is 2.57. The minimum absolute atomic E-state index is 0.353. The van der Waals surface area contributed by atoms with Gasteiger partial charge in [0.25, 0.3) is 0 Å². The van der Waals surface area contributed by atoms with Gasteiger partial charge in [-0.1, -0.05) is 6.92 Å². The van der Waals surface area contributed by atoms with E-state index in [2.05, 4.69) is 0 Å². The molecule has 0 aliphatic carbocycles. The first-order valence-electron chi connectivity index (χ1n) is 5.26. The van der Waals surface area contributed by atoms with Crippen molar-refractivity contribution in [3.8, 4) is 0 Å². The number of rotatable bonds is 7. The second-order valence-electron chi connectivity index (χ2n) is 3.40. The molecule has 7 heteroatoms. The van der Waals surface area contributed by atoms with E-state index >= 15 is 0 Å². The Morgan fingerprint density at radius 2 is 1.76 bits per heavy atom. The summed E-state index contributed by atoms with van der Waals surface area (Å²) < 4.78 is 20.5. The van der Waals surface area contributed by atoms with Crippen LogP contribution in [0.3, 0.4) is 0 Å². The topological polar surface area (TPSA) is 80.0 Å². The van der Waals surface area contributed by atoms with Crippen molar-refractivity contribution in [2.45, 2.75) is 26.5 Å². The van der Waals surface area contributed by atoms with E-state index in [-0.39, 0.29) is 0 Å². The summed E-state index contributed by atoms with van der Waals surface area (Å²) >= 11 is 0. The zero-order valence-electron chi connectivity index (χ0n) is 11.0. The highest BCUT2D eigenvalue weighted by Crippen LogP contribution is 2.12. The summed E-state index contributed by atoms with van der Waals surface area (Å²) in [5, 5.41) is 0. The Hall–Kier alpha value is -0.733. The molecule has 0 bridgehead atoms. The van der Waals surface area contributed by atoms with Crippen LogP contribution in [0.4, 0.5) is 0 Å². The lowest BCUT2D eigenvalue weighted by molar-refractivity contribution is -0.144. The van der Waals surface area contributed by atoms with Crippen molar-refractivity contribution >= 4 is 14.8 Å². The number of esters is 1. The minimum atomic E-state index is -2.91. The summed E-state index contributed by atoms with van der Waals surface area (Å²) in [4.78, 5) is 11.6. The van der Waals surface area contributed by atoms with Crippen molar-refractivity contribution in [2.75, 3.05) is 21.3 Å². The minimum Gasteiger partial charge on any atom is -0.443 e. The molecule has 0 aromatic carbocycles. The van der Waals surface area contributed by atoms with Crippen LogP contribution >= 0.6 is 0 Å². The number of nitrogens with two attached hydrogens (primary N) is 1. The van der Waals surface area contributed by atoms with Gasteiger partial charge in [-0.2, -0.15) is 0 Å². The van der Waals surface area contributed by atoms with E-state index in [4.69, 9.17) is 23.7 Å². The van der Waals surface area contributed by atoms with Gasteiger partial charge in [0.15, 0.2) is 6.23 Å². The lowest BCUT2D eigenvalue weighted by Gasteiger charge is -2.21. The second kappa shape index (κ2) is 7.57. The summed E-state index contributed by atoms with van der Waals surface area (Å²) in [5.74, 6) is -0.498. The third-order valence-electron chi connectivity index (χ3n) is 2.23. The molecule has 1 atom stereocenters.